The second kappa shape index (κ2) is 9.27. The number of nitrogens with zero attached hydrogens (tertiary/aromatic N) is 2. The van der Waals surface area contributed by atoms with Crippen LogP contribution in [0.15, 0.2) is 24.3 Å². The first kappa shape index (κ1) is 19.7. The van der Waals surface area contributed by atoms with Crippen molar-refractivity contribution in [3.05, 3.63) is 29.8 Å². The number of benzene rings is 1. The molecule has 0 spiro atoms. The molecule has 1 aromatic carbocycles. The van der Waals surface area contributed by atoms with Crippen LogP contribution in [0.2, 0.25) is 0 Å². The molecule has 1 amide bonds. The Morgan fingerprint density at radius 2 is 1.75 bits per heavy atom. The third-order valence-electron chi connectivity index (χ3n) is 6.77. The van der Waals surface area contributed by atoms with Gasteiger partial charge in [-0.15, -0.1) is 0 Å². The van der Waals surface area contributed by atoms with E-state index in [1.54, 1.807) is 7.11 Å². The fourth-order valence-corrected chi connectivity index (χ4v) is 4.92. The topological polar surface area (TPSA) is 42.0 Å². The van der Waals surface area contributed by atoms with E-state index in [-0.39, 0.29) is 5.91 Å². The zero-order valence-corrected chi connectivity index (χ0v) is 17.1. The smallest absolute Gasteiger partial charge is 0.253 e. The normalized spacial score (nSPS) is 26.9. The molecule has 2 aliphatic heterocycles. The fraction of sp³-hybridized carbons (Fsp3) is 0.696. The first-order valence-electron chi connectivity index (χ1n) is 11.0. The molecule has 2 atom stereocenters. The van der Waals surface area contributed by atoms with E-state index in [4.69, 9.17) is 9.47 Å². The first-order chi connectivity index (χ1) is 13.8. The lowest BCUT2D eigenvalue weighted by Crippen LogP contribution is -2.32. The highest BCUT2D eigenvalue weighted by atomic mass is 16.5. The summed E-state index contributed by atoms with van der Waals surface area (Å²) < 4.78 is 11.1. The Morgan fingerprint density at radius 1 is 1.04 bits per heavy atom. The molecule has 2 saturated heterocycles. The van der Waals surface area contributed by atoms with Crippen LogP contribution in [0.25, 0.3) is 0 Å². The van der Waals surface area contributed by atoms with Crippen molar-refractivity contribution in [3.8, 4) is 5.75 Å². The van der Waals surface area contributed by atoms with Gasteiger partial charge in [0.1, 0.15) is 5.75 Å². The fourth-order valence-electron chi connectivity index (χ4n) is 4.92. The van der Waals surface area contributed by atoms with E-state index in [1.807, 2.05) is 29.2 Å². The van der Waals surface area contributed by atoms with Crippen LogP contribution in [-0.4, -0.2) is 68.8 Å². The number of fused-ring (bicyclic) bond motifs is 1. The first-order valence-corrected chi connectivity index (χ1v) is 11.0. The lowest BCUT2D eigenvalue weighted by Gasteiger charge is -2.26. The maximum atomic E-state index is 12.6. The summed E-state index contributed by atoms with van der Waals surface area (Å²) in [7, 11) is 1.64. The lowest BCUT2D eigenvalue weighted by molar-refractivity contribution is 0.0729. The van der Waals surface area contributed by atoms with Gasteiger partial charge in [0.15, 0.2) is 0 Å². The molecule has 3 fully saturated rings. The number of piperidine rings is 2. The van der Waals surface area contributed by atoms with Crippen molar-refractivity contribution in [2.75, 3.05) is 53.0 Å². The van der Waals surface area contributed by atoms with E-state index >= 15 is 0 Å². The minimum absolute atomic E-state index is 0.146. The highest BCUT2D eigenvalue weighted by molar-refractivity contribution is 5.94. The van der Waals surface area contributed by atoms with Crippen LogP contribution in [0.5, 0.6) is 5.75 Å². The van der Waals surface area contributed by atoms with Crippen LogP contribution in [0.1, 0.15) is 42.5 Å². The molecule has 2 heterocycles. The van der Waals surface area contributed by atoms with Crippen molar-refractivity contribution in [1.29, 1.82) is 0 Å². The monoisotopic (exact) mass is 386 g/mol. The van der Waals surface area contributed by atoms with E-state index in [9.17, 15) is 4.79 Å². The van der Waals surface area contributed by atoms with Gasteiger partial charge in [0, 0.05) is 25.3 Å². The molecule has 28 heavy (non-hydrogen) atoms. The van der Waals surface area contributed by atoms with Gasteiger partial charge in [-0.3, -0.25) is 4.79 Å². The summed E-state index contributed by atoms with van der Waals surface area (Å²) in [5.41, 5.74) is 0.753. The highest BCUT2D eigenvalue weighted by Crippen LogP contribution is 2.52. The van der Waals surface area contributed by atoms with Crippen LogP contribution in [-0.2, 0) is 4.74 Å². The van der Waals surface area contributed by atoms with Gasteiger partial charge >= 0.3 is 0 Å². The molecular weight excluding hydrogens is 352 g/mol. The molecule has 2 unspecified atom stereocenters. The van der Waals surface area contributed by atoms with Crippen LogP contribution < -0.4 is 4.74 Å². The predicted molar refractivity (Wildman–Crippen MR) is 110 cm³/mol. The van der Waals surface area contributed by atoms with Crippen molar-refractivity contribution in [1.82, 2.24) is 9.80 Å². The number of carbonyl (C=O) groups excluding carboxylic acids is 1. The maximum absolute atomic E-state index is 12.6. The van der Waals surface area contributed by atoms with E-state index in [2.05, 4.69) is 4.90 Å². The zero-order valence-electron chi connectivity index (χ0n) is 17.1. The highest BCUT2D eigenvalue weighted by Gasteiger charge is 2.56. The average Bonchev–Trinajstić information content (AvgIpc) is 3.19. The lowest BCUT2D eigenvalue weighted by atomic mass is 10.1. The molecule has 1 aliphatic carbocycles. The van der Waals surface area contributed by atoms with Gasteiger partial charge < -0.3 is 19.3 Å². The van der Waals surface area contributed by atoms with E-state index in [0.29, 0.717) is 17.8 Å². The Balaban J connectivity index is 1.08. The molecule has 0 radical (unpaired) electrons. The molecule has 0 N–H and O–H groups in total. The minimum atomic E-state index is 0.146. The largest absolute Gasteiger partial charge is 0.497 e. The van der Waals surface area contributed by atoms with Crippen molar-refractivity contribution in [3.63, 3.8) is 0 Å². The van der Waals surface area contributed by atoms with Crippen LogP contribution in [0.3, 0.4) is 0 Å². The van der Waals surface area contributed by atoms with Crippen molar-refractivity contribution < 1.29 is 14.3 Å². The summed E-state index contributed by atoms with van der Waals surface area (Å²) in [6, 6.07) is 7.42. The van der Waals surface area contributed by atoms with Crippen LogP contribution in [0.4, 0.5) is 0 Å². The molecule has 154 valence electrons. The zero-order chi connectivity index (χ0) is 19.3. The van der Waals surface area contributed by atoms with Gasteiger partial charge in [0.05, 0.1) is 13.7 Å². The van der Waals surface area contributed by atoms with Crippen molar-refractivity contribution in [2.24, 2.45) is 17.8 Å². The molecule has 0 bridgehead atoms. The second-order valence-corrected chi connectivity index (χ2v) is 8.61. The summed E-state index contributed by atoms with van der Waals surface area (Å²) in [4.78, 5) is 17.2. The Hall–Kier alpha value is -1.59. The number of hydrogen-bond donors (Lipinski definition) is 0. The quantitative estimate of drug-likeness (QED) is 0.611. The third kappa shape index (κ3) is 4.69. The Kier molecular flexibility index (Phi) is 6.53. The van der Waals surface area contributed by atoms with Gasteiger partial charge in [-0.2, -0.15) is 0 Å². The molecule has 3 aliphatic rings. The van der Waals surface area contributed by atoms with Gasteiger partial charge in [-0.1, -0.05) is 6.42 Å². The van der Waals surface area contributed by atoms with Gasteiger partial charge in [-0.05, 0) is 87.3 Å². The van der Waals surface area contributed by atoms with Crippen molar-refractivity contribution in [2.45, 2.75) is 32.1 Å². The summed E-state index contributed by atoms with van der Waals surface area (Å²) in [5.74, 6) is 2.90. The van der Waals surface area contributed by atoms with Gasteiger partial charge in [-0.25, -0.2) is 0 Å². The standard InChI is InChI=1S/C23H34N2O3/c1-27-19-9-7-18(8-10-19)23(26)25-15-20-21(16-25)22(20)17-28-14-6-5-13-24-11-3-2-4-12-24/h7-10,20-22H,2-6,11-17H2,1H3. The number of hydrogen-bond acceptors (Lipinski definition) is 4. The Labute approximate surface area is 169 Å². The molecule has 0 aromatic heterocycles. The van der Waals surface area contributed by atoms with Gasteiger partial charge in [0.25, 0.3) is 5.91 Å². The van der Waals surface area contributed by atoms with E-state index in [1.165, 1.54) is 51.7 Å². The van der Waals surface area contributed by atoms with Crippen molar-refractivity contribution >= 4 is 5.91 Å². The number of amides is 1. The van der Waals surface area contributed by atoms with E-state index < -0.39 is 0 Å². The maximum Gasteiger partial charge on any atom is 0.253 e. The minimum Gasteiger partial charge on any atom is -0.497 e. The third-order valence-corrected chi connectivity index (χ3v) is 6.77. The molecule has 4 rings (SSSR count). The van der Waals surface area contributed by atoms with Crippen LogP contribution in [0, 0.1) is 17.8 Å². The summed E-state index contributed by atoms with van der Waals surface area (Å²) >= 11 is 0. The average molecular weight is 387 g/mol. The number of likely N-dealkylation sites (tertiary alicyclic amines) is 2. The summed E-state index contributed by atoms with van der Waals surface area (Å²) in [6.07, 6.45) is 6.58. The number of rotatable bonds is 9. The number of carbonyl (C=O) groups is 1. The summed E-state index contributed by atoms with van der Waals surface area (Å²) in [6.45, 7) is 7.36. The SMILES string of the molecule is COc1ccc(C(=O)N2CC3C(COCCCCN4CCCCC4)C3C2)cc1. The van der Waals surface area contributed by atoms with Crippen LogP contribution >= 0.6 is 0 Å². The molecule has 1 saturated carbocycles. The Morgan fingerprint density at radius 3 is 2.43 bits per heavy atom. The van der Waals surface area contributed by atoms with E-state index in [0.717, 1.165) is 37.6 Å². The number of ether oxygens (including phenoxy) is 2. The predicted octanol–water partition coefficient (Wildman–Crippen LogP) is 3.30. The Bertz CT molecular complexity index is 630. The molecule has 5 heteroatoms. The van der Waals surface area contributed by atoms with Gasteiger partial charge in [0.2, 0.25) is 0 Å². The molecular formula is C23H34N2O3. The molecule has 5 nitrogen and oxygen atoms in total. The number of unbranched alkanes of at least 4 members (excludes halogenated alkanes) is 1. The molecule has 1 aromatic rings. The number of methoxy groups -OCH3 is 1. The summed E-state index contributed by atoms with van der Waals surface area (Å²) in [5, 5.41) is 0. The second-order valence-electron chi connectivity index (χ2n) is 8.61.